The van der Waals surface area contributed by atoms with Crippen molar-refractivity contribution in [2.75, 3.05) is 4.90 Å². The van der Waals surface area contributed by atoms with Crippen molar-refractivity contribution in [3.05, 3.63) is 212 Å². The molecule has 2 nitrogen and oxygen atoms in total. The molecule has 0 aliphatic rings. The zero-order valence-corrected chi connectivity index (χ0v) is 31.8. The first-order chi connectivity index (χ1) is 28.2. The Morgan fingerprint density at radius 1 is 0.316 bits per heavy atom. The molecule has 268 valence electrons. The summed E-state index contributed by atoms with van der Waals surface area (Å²) in [6, 6.07) is 76.4. The normalized spacial score (nSPS) is 11.5. The minimum atomic E-state index is 0.866. The Kier molecular flexibility index (Phi) is 8.04. The van der Waals surface area contributed by atoms with E-state index in [1.54, 1.807) is 0 Å². The van der Waals surface area contributed by atoms with Crippen LogP contribution in [0.2, 0.25) is 0 Å². The highest BCUT2D eigenvalue weighted by atomic mass is 32.1. The summed E-state index contributed by atoms with van der Waals surface area (Å²) in [6.45, 7) is 0. The Hall–Kier alpha value is -7.20. The zero-order valence-electron chi connectivity index (χ0n) is 31.0. The molecule has 0 radical (unpaired) electrons. The van der Waals surface area contributed by atoms with E-state index in [1.165, 1.54) is 64.3 Å². The van der Waals surface area contributed by atoms with E-state index in [0.717, 1.165) is 39.4 Å². The van der Waals surface area contributed by atoms with Gasteiger partial charge in [-0.15, -0.1) is 11.3 Å². The Bertz CT molecular complexity index is 3180. The molecule has 0 saturated carbocycles. The lowest BCUT2D eigenvalue weighted by atomic mass is 9.98. The number of anilines is 3. The topological polar surface area (TPSA) is 16.4 Å². The highest BCUT2D eigenvalue weighted by molar-refractivity contribution is 7.25. The molecular formula is C54H35NOS. The van der Waals surface area contributed by atoms with Crippen LogP contribution in [0.1, 0.15) is 0 Å². The van der Waals surface area contributed by atoms with Crippen molar-refractivity contribution in [1.29, 1.82) is 0 Å². The van der Waals surface area contributed by atoms with Crippen LogP contribution in [0.15, 0.2) is 217 Å². The molecular weight excluding hydrogens is 711 g/mol. The number of hydrogen-bond donors (Lipinski definition) is 0. The number of thiophene rings is 1. The number of benzene rings is 9. The van der Waals surface area contributed by atoms with Crippen molar-refractivity contribution in [2.24, 2.45) is 0 Å². The molecule has 0 spiro atoms. The van der Waals surface area contributed by atoms with Crippen molar-refractivity contribution < 1.29 is 4.42 Å². The van der Waals surface area contributed by atoms with Crippen LogP contribution >= 0.6 is 11.3 Å². The first-order valence-electron chi connectivity index (χ1n) is 19.3. The van der Waals surface area contributed by atoms with Crippen molar-refractivity contribution in [1.82, 2.24) is 0 Å². The number of nitrogens with zero attached hydrogens (tertiary/aromatic N) is 1. The maximum atomic E-state index is 6.21. The lowest BCUT2D eigenvalue weighted by Gasteiger charge is -2.26. The Labute approximate surface area is 335 Å². The lowest BCUT2D eigenvalue weighted by molar-refractivity contribution is 0.631. The van der Waals surface area contributed by atoms with Gasteiger partial charge >= 0.3 is 0 Å². The first kappa shape index (κ1) is 33.2. The SMILES string of the molecule is c1ccc2cc(-c3ccc(N(c4ccc(-c5ccc(-c6ccc7sc8ccccc8c7c6)cc5)cc4)c4ccc(-c5cc6ccccc6o5)cc4)cc3)ccc2c1. The third kappa shape index (κ3) is 6.15. The van der Waals surface area contributed by atoms with Gasteiger partial charge in [-0.2, -0.15) is 0 Å². The largest absolute Gasteiger partial charge is 0.456 e. The molecule has 3 heteroatoms. The highest BCUT2D eigenvalue weighted by Crippen LogP contribution is 2.40. The number of rotatable bonds is 7. The summed E-state index contributed by atoms with van der Waals surface area (Å²) in [5.41, 5.74) is 12.4. The molecule has 57 heavy (non-hydrogen) atoms. The smallest absolute Gasteiger partial charge is 0.135 e. The van der Waals surface area contributed by atoms with Crippen molar-refractivity contribution in [3.8, 4) is 44.7 Å². The third-order valence-electron chi connectivity index (χ3n) is 11.1. The van der Waals surface area contributed by atoms with Gasteiger partial charge in [-0.05, 0) is 129 Å². The Balaban J connectivity index is 0.915. The van der Waals surface area contributed by atoms with E-state index < -0.39 is 0 Å². The van der Waals surface area contributed by atoms with E-state index >= 15 is 0 Å². The molecule has 11 rings (SSSR count). The summed E-state index contributed by atoms with van der Waals surface area (Å²) >= 11 is 1.86. The van der Waals surface area contributed by atoms with Gasteiger partial charge in [0.05, 0.1) is 0 Å². The Morgan fingerprint density at radius 2 is 0.789 bits per heavy atom. The van der Waals surface area contributed by atoms with Gasteiger partial charge in [0.15, 0.2) is 0 Å². The summed E-state index contributed by atoms with van der Waals surface area (Å²) in [4.78, 5) is 2.32. The summed E-state index contributed by atoms with van der Waals surface area (Å²) in [7, 11) is 0. The van der Waals surface area contributed by atoms with Crippen LogP contribution < -0.4 is 4.90 Å². The van der Waals surface area contributed by atoms with Crippen LogP contribution in [0.25, 0.3) is 86.6 Å². The van der Waals surface area contributed by atoms with Crippen LogP contribution in [0, 0.1) is 0 Å². The molecule has 0 bridgehead atoms. The quantitative estimate of drug-likeness (QED) is 0.162. The predicted molar refractivity (Wildman–Crippen MR) is 243 cm³/mol. The van der Waals surface area contributed by atoms with Gasteiger partial charge in [-0.1, -0.05) is 127 Å². The summed E-state index contributed by atoms with van der Waals surface area (Å²) in [6.07, 6.45) is 0. The maximum Gasteiger partial charge on any atom is 0.135 e. The van der Waals surface area contributed by atoms with Gasteiger partial charge < -0.3 is 9.32 Å². The molecule has 9 aromatic carbocycles. The fraction of sp³-hybridized carbons (Fsp3) is 0. The molecule has 0 atom stereocenters. The van der Waals surface area contributed by atoms with Gasteiger partial charge in [0, 0.05) is 48.2 Å². The third-order valence-corrected chi connectivity index (χ3v) is 12.2. The van der Waals surface area contributed by atoms with Crippen molar-refractivity contribution in [2.45, 2.75) is 0 Å². The predicted octanol–water partition coefficient (Wildman–Crippen LogP) is 16.1. The molecule has 0 unspecified atom stereocenters. The summed E-state index contributed by atoms with van der Waals surface area (Å²) < 4.78 is 8.87. The molecule has 2 aromatic heterocycles. The second-order valence-electron chi connectivity index (χ2n) is 14.6. The van der Waals surface area contributed by atoms with Crippen LogP contribution in [0.3, 0.4) is 0 Å². The average Bonchev–Trinajstić information content (AvgIpc) is 3.89. The van der Waals surface area contributed by atoms with Gasteiger partial charge in [0.25, 0.3) is 0 Å². The van der Waals surface area contributed by atoms with Gasteiger partial charge in [-0.25, -0.2) is 0 Å². The maximum absolute atomic E-state index is 6.21. The zero-order chi connectivity index (χ0) is 37.7. The molecule has 0 aliphatic carbocycles. The number of para-hydroxylation sites is 1. The van der Waals surface area contributed by atoms with Crippen LogP contribution in [-0.2, 0) is 0 Å². The first-order valence-corrected chi connectivity index (χ1v) is 20.1. The molecule has 0 amide bonds. The molecule has 0 N–H and O–H groups in total. The molecule has 11 aromatic rings. The standard InChI is InChI=1S/C54H35NOS/c1-2-8-42-33-43(18-17-36(42)7-1)40-21-28-47(29-22-40)55(48-30-23-41(24-31-48)52-35-45-9-3-5-11-51(45)56-52)46-26-19-38(20-27-46)37-13-15-39(16-14-37)44-25-32-54-50(34-44)49-10-4-6-12-53(49)57-54/h1-35H. The van der Waals surface area contributed by atoms with E-state index in [4.69, 9.17) is 4.42 Å². The second kappa shape index (κ2) is 13.8. The second-order valence-corrected chi connectivity index (χ2v) is 15.7. The fourth-order valence-electron chi connectivity index (χ4n) is 8.08. The lowest BCUT2D eigenvalue weighted by Crippen LogP contribution is -2.09. The van der Waals surface area contributed by atoms with Gasteiger partial charge in [0.2, 0.25) is 0 Å². The van der Waals surface area contributed by atoms with Crippen LogP contribution in [-0.4, -0.2) is 0 Å². The van der Waals surface area contributed by atoms with E-state index in [0.29, 0.717) is 0 Å². The van der Waals surface area contributed by atoms with Crippen LogP contribution in [0.5, 0.6) is 0 Å². The number of fused-ring (bicyclic) bond motifs is 5. The highest BCUT2D eigenvalue weighted by Gasteiger charge is 2.15. The van der Waals surface area contributed by atoms with E-state index in [2.05, 4.69) is 199 Å². The van der Waals surface area contributed by atoms with Gasteiger partial charge in [-0.3, -0.25) is 0 Å². The van der Waals surface area contributed by atoms with E-state index in [1.807, 2.05) is 29.5 Å². The minimum absolute atomic E-state index is 0.866. The minimum Gasteiger partial charge on any atom is -0.456 e. The van der Waals surface area contributed by atoms with Crippen molar-refractivity contribution >= 4 is 70.3 Å². The summed E-state index contributed by atoms with van der Waals surface area (Å²) in [5, 5.41) is 6.25. The van der Waals surface area contributed by atoms with Crippen LogP contribution in [0.4, 0.5) is 17.1 Å². The number of hydrogen-bond acceptors (Lipinski definition) is 3. The fourth-order valence-corrected chi connectivity index (χ4v) is 9.17. The van der Waals surface area contributed by atoms with E-state index in [-0.39, 0.29) is 0 Å². The molecule has 0 saturated heterocycles. The molecule has 2 heterocycles. The number of furan rings is 1. The molecule has 0 aliphatic heterocycles. The van der Waals surface area contributed by atoms with Crippen molar-refractivity contribution in [3.63, 3.8) is 0 Å². The van der Waals surface area contributed by atoms with E-state index in [9.17, 15) is 0 Å². The van der Waals surface area contributed by atoms with Gasteiger partial charge in [0.1, 0.15) is 11.3 Å². The molecule has 0 fully saturated rings. The average molecular weight is 746 g/mol. The Morgan fingerprint density at radius 3 is 1.46 bits per heavy atom. The monoisotopic (exact) mass is 745 g/mol. The summed E-state index contributed by atoms with van der Waals surface area (Å²) in [5.74, 6) is 0.866.